The maximum atomic E-state index is 12.7. The Hall–Kier alpha value is -2.60. The molecule has 132 valence electrons. The number of rotatable bonds is 4. The molecule has 0 bridgehead atoms. The average molecular weight is 340 g/mol. The smallest absolute Gasteiger partial charge is 0.272 e. The van der Waals surface area contributed by atoms with Gasteiger partial charge in [0.25, 0.3) is 11.8 Å². The maximum absolute atomic E-state index is 12.7. The second-order valence-corrected chi connectivity index (χ2v) is 6.59. The zero-order valence-electron chi connectivity index (χ0n) is 14.7. The number of hydrogen-bond acceptors (Lipinski definition) is 3. The molecule has 1 saturated heterocycles. The molecule has 1 aromatic carbocycles. The van der Waals surface area contributed by atoms with Crippen LogP contribution in [0, 0.1) is 0 Å². The molecule has 0 unspecified atom stereocenters. The summed E-state index contributed by atoms with van der Waals surface area (Å²) >= 11 is 0. The Morgan fingerprint density at radius 3 is 2.64 bits per heavy atom. The number of benzene rings is 1. The lowest BCUT2D eigenvalue weighted by atomic mass is 10.0. The number of H-pyrrole nitrogens is 1. The van der Waals surface area contributed by atoms with Crippen molar-refractivity contribution < 1.29 is 9.59 Å². The van der Waals surface area contributed by atoms with Crippen molar-refractivity contribution in [2.24, 2.45) is 0 Å². The Kier molecular flexibility index (Phi) is 5.19. The lowest BCUT2D eigenvalue weighted by Gasteiger charge is -2.35. The van der Waals surface area contributed by atoms with Crippen LogP contribution in [0.5, 0.6) is 0 Å². The molecule has 2 heterocycles. The van der Waals surface area contributed by atoms with Gasteiger partial charge in [0.1, 0.15) is 5.69 Å². The van der Waals surface area contributed by atoms with Crippen LogP contribution < -0.4 is 5.32 Å². The first-order valence-corrected chi connectivity index (χ1v) is 8.55. The highest BCUT2D eigenvalue weighted by Gasteiger charge is 2.25. The fraction of sp³-hybridized carbons (Fsp3) is 0.368. The highest BCUT2D eigenvalue weighted by molar-refractivity contribution is 6.03. The van der Waals surface area contributed by atoms with Crippen molar-refractivity contribution in [1.29, 1.82) is 0 Å². The molecule has 0 saturated carbocycles. The third kappa shape index (κ3) is 4.09. The van der Waals surface area contributed by atoms with Crippen LogP contribution in [-0.2, 0) is 0 Å². The van der Waals surface area contributed by atoms with E-state index in [1.54, 1.807) is 42.6 Å². The van der Waals surface area contributed by atoms with E-state index >= 15 is 0 Å². The molecule has 0 spiro atoms. The second-order valence-electron chi connectivity index (χ2n) is 6.59. The van der Waals surface area contributed by atoms with E-state index < -0.39 is 0 Å². The Morgan fingerprint density at radius 2 is 2.00 bits per heavy atom. The fourth-order valence-electron chi connectivity index (χ4n) is 3.19. The number of hydrogen-bond donors (Lipinski definition) is 2. The lowest BCUT2D eigenvalue weighted by molar-refractivity contribution is 0.0644. The highest BCUT2D eigenvalue weighted by Crippen LogP contribution is 2.17. The summed E-state index contributed by atoms with van der Waals surface area (Å²) in [7, 11) is 3.96. The summed E-state index contributed by atoms with van der Waals surface area (Å²) in [6, 6.07) is 10.8. The molecule has 1 aromatic heterocycles. The summed E-state index contributed by atoms with van der Waals surface area (Å²) in [5.41, 5.74) is 1.80. The van der Waals surface area contributed by atoms with Crippen LogP contribution >= 0.6 is 0 Å². The van der Waals surface area contributed by atoms with Gasteiger partial charge in [-0.2, -0.15) is 0 Å². The van der Waals surface area contributed by atoms with Gasteiger partial charge in [0.15, 0.2) is 0 Å². The highest BCUT2D eigenvalue weighted by atomic mass is 16.2. The van der Waals surface area contributed by atoms with E-state index in [4.69, 9.17) is 0 Å². The van der Waals surface area contributed by atoms with Crippen molar-refractivity contribution in [2.45, 2.75) is 18.9 Å². The first kappa shape index (κ1) is 17.2. The Morgan fingerprint density at radius 1 is 1.24 bits per heavy atom. The number of aromatic nitrogens is 1. The number of amides is 2. The topological polar surface area (TPSA) is 68.4 Å². The van der Waals surface area contributed by atoms with Gasteiger partial charge >= 0.3 is 0 Å². The Balaban J connectivity index is 1.63. The van der Waals surface area contributed by atoms with Crippen LogP contribution in [0.4, 0.5) is 5.69 Å². The average Bonchev–Trinajstić information content (AvgIpc) is 3.16. The molecule has 2 N–H and O–H groups in total. The number of aromatic amines is 1. The first-order valence-electron chi connectivity index (χ1n) is 8.55. The van der Waals surface area contributed by atoms with Gasteiger partial charge in [0.05, 0.1) is 0 Å². The largest absolute Gasteiger partial charge is 0.357 e. The molecule has 2 aromatic rings. The van der Waals surface area contributed by atoms with Crippen LogP contribution in [0.3, 0.4) is 0 Å². The zero-order chi connectivity index (χ0) is 17.8. The molecule has 0 radical (unpaired) electrons. The molecular formula is C19H24N4O2. The predicted octanol–water partition coefficient (Wildman–Crippen LogP) is 2.43. The molecule has 0 aliphatic carbocycles. The van der Waals surface area contributed by atoms with Crippen molar-refractivity contribution >= 4 is 17.5 Å². The fourth-order valence-corrected chi connectivity index (χ4v) is 3.19. The molecule has 6 nitrogen and oxygen atoms in total. The van der Waals surface area contributed by atoms with E-state index in [1.807, 2.05) is 11.9 Å². The number of nitrogens with zero attached hydrogens (tertiary/aromatic N) is 2. The number of likely N-dealkylation sites (N-methyl/N-ethyl adjacent to an activating group) is 2. The summed E-state index contributed by atoms with van der Waals surface area (Å²) in [6.07, 6.45) is 3.86. The number of likely N-dealkylation sites (tertiary alicyclic amines) is 1. The number of nitrogens with one attached hydrogen (secondary N) is 2. The van der Waals surface area contributed by atoms with Gasteiger partial charge in [0.2, 0.25) is 0 Å². The second kappa shape index (κ2) is 7.53. The number of carbonyl (C=O) groups is 2. The normalized spacial score (nSPS) is 17.9. The molecule has 2 amide bonds. The van der Waals surface area contributed by atoms with Gasteiger partial charge in [-0.05, 0) is 62.8 Å². The van der Waals surface area contributed by atoms with Gasteiger partial charge in [-0.3, -0.25) is 9.59 Å². The van der Waals surface area contributed by atoms with E-state index in [1.165, 1.54) is 0 Å². The summed E-state index contributed by atoms with van der Waals surface area (Å²) in [4.78, 5) is 31.7. The molecule has 3 rings (SSSR count). The number of piperidine rings is 1. The number of anilines is 1. The third-order valence-electron chi connectivity index (χ3n) is 4.70. The predicted molar refractivity (Wildman–Crippen MR) is 97.8 cm³/mol. The van der Waals surface area contributed by atoms with Crippen molar-refractivity contribution in [1.82, 2.24) is 14.8 Å². The van der Waals surface area contributed by atoms with Crippen molar-refractivity contribution in [2.75, 3.05) is 32.5 Å². The Bertz CT molecular complexity index is 724. The maximum Gasteiger partial charge on any atom is 0.272 e. The van der Waals surface area contributed by atoms with E-state index in [9.17, 15) is 9.59 Å². The third-order valence-corrected chi connectivity index (χ3v) is 4.70. The summed E-state index contributed by atoms with van der Waals surface area (Å²) in [6.45, 7) is 2.00. The van der Waals surface area contributed by atoms with Crippen LogP contribution in [0.25, 0.3) is 0 Å². The van der Waals surface area contributed by atoms with Gasteiger partial charge in [0, 0.05) is 37.1 Å². The summed E-state index contributed by atoms with van der Waals surface area (Å²) < 4.78 is 0. The van der Waals surface area contributed by atoms with Crippen LogP contribution in [0.1, 0.15) is 33.7 Å². The van der Waals surface area contributed by atoms with Crippen molar-refractivity contribution in [3.8, 4) is 0 Å². The van der Waals surface area contributed by atoms with E-state index in [-0.39, 0.29) is 17.9 Å². The van der Waals surface area contributed by atoms with E-state index in [2.05, 4.69) is 22.2 Å². The number of carbonyl (C=O) groups excluding carboxylic acids is 2. The van der Waals surface area contributed by atoms with Crippen LogP contribution in [0.15, 0.2) is 42.6 Å². The zero-order valence-corrected chi connectivity index (χ0v) is 14.7. The van der Waals surface area contributed by atoms with E-state index in [0.717, 1.165) is 25.9 Å². The molecule has 1 atom stereocenters. The SMILES string of the molecule is CN1CCC[C@H](N(C)C(=O)c2ccc(NC(=O)c3ccc[nH]3)cc2)C1. The van der Waals surface area contributed by atoms with Crippen LogP contribution in [-0.4, -0.2) is 59.8 Å². The molecular weight excluding hydrogens is 316 g/mol. The molecule has 1 aliphatic heterocycles. The monoisotopic (exact) mass is 340 g/mol. The summed E-state index contributed by atoms with van der Waals surface area (Å²) in [5.74, 6) is -0.186. The van der Waals surface area contributed by atoms with Gasteiger partial charge < -0.3 is 20.1 Å². The van der Waals surface area contributed by atoms with Gasteiger partial charge in [-0.25, -0.2) is 0 Å². The quantitative estimate of drug-likeness (QED) is 0.898. The van der Waals surface area contributed by atoms with Crippen LogP contribution in [0.2, 0.25) is 0 Å². The van der Waals surface area contributed by atoms with Crippen molar-refractivity contribution in [3.63, 3.8) is 0 Å². The minimum Gasteiger partial charge on any atom is -0.357 e. The standard InChI is InChI=1S/C19H24N4O2/c1-22-12-4-5-16(13-22)23(2)19(25)14-7-9-15(10-8-14)21-18(24)17-6-3-11-20-17/h3,6-11,16,20H,4-5,12-13H2,1-2H3,(H,21,24)/t16-/m0/s1. The van der Waals surface area contributed by atoms with Crippen molar-refractivity contribution in [3.05, 3.63) is 53.9 Å². The molecule has 1 fully saturated rings. The summed E-state index contributed by atoms with van der Waals surface area (Å²) in [5, 5.41) is 2.81. The minimum absolute atomic E-state index is 0.0162. The van der Waals surface area contributed by atoms with Gasteiger partial charge in [-0.15, -0.1) is 0 Å². The lowest BCUT2D eigenvalue weighted by Crippen LogP contribution is -2.47. The first-order chi connectivity index (χ1) is 12.0. The van der Waals surface area contributed by atoms with Gasteiger partial charge in [-0.1, -0.05) is 0 Å². The minimum atomic E-state index is -0.202. The molecule has 1 aliphatic rings. The Labute approximate surface area is 147 Å². The molecule has 6 heteroatoms. The molecule has 25 heavy (non-hydrogen) atoms. The van der Waals surface area contributed by atoms with E-state index in [0.29, 0.717) is 16.9 Å².